The molecule has 4 amide bonds. The SMILES string of the molecule is CC(=O)NC(=O)OC1(C)CS[C@@H]2C(NC(=O)COc3ccccc3)C(=O)N2C1C(=O)OCc1ccc([N+](=O)[O-])cc1. The van der Waals surface area contributed by atoms with Gasteiger partial charge in [0.15, 0.2) is 18.2 Å². The molecule has 2 saturated heterocycles. The van der Waals surface area contributed by atoms with Crippen LogP contribution in [0.4, 0.5) is 10.5 Å². The molecule has 4 atom stereocenters. The van der Waals surface area contributed by atoms with Crippen LogP contribution in [-0.4, -0.2) is 75.0 Å². The first-order valence-corrected chi connectivity index (χ1v) is 13.3. The first-order valence-electron chi connectivity index (χ1n) is 12.3. The van der Waals surface area contributed by atoms with Crippen molar-refractivity contribution in [3.63, 3.8) is 0 Å². The number of β-lactam (4-membered cyclic amide) rings is 1. The smallest absolute Gasteiger partial charge is 0.414 e. The number of benzene rings is 2. The number of amides is 4. The Morgan fingerprint density at radius 3 is 2.44 bits per heavy atom. The summed E-state index contributed by atoms with van der Waals surface area (Å²) in [6.45, 7) is 1.93. The van der Waals surface area contributed by atoms with Crippen LogP contribution in [0.15, 0.2) is 54.6 Å². The van der Waals surface area contributed by atoms with Crippen LogP contribution in [0, 0.1) is 10.1 Å². The lowest BCUT2D eigenvalue weighted by atomic mass is 9.90. The number of carbonyl (C=O) groups is 5. The zero-order valence-corrected chi connectivity index (χ0v) is 22.8. The minimum atomic E-state index is -1.60. The normalized spacial score (nSPS) is 22.8. The van der Waals surface area contributed by atoms with Crippen molar-refractivity contribution in [1.29, 1.82) is 0 Å². The van der Waals surface area contributed by atoms with Gasteiger partial charge in [0.05, 0.1) is 4.92 Å². The summed E-state index contributed by atoms with van der Waals surface area (Å²) < 4.78 is 16.3. The van der Waals surface area contributed by atoms with Gasteiger partial charge in [-0.05, 0) is 36.8 Å². The number of para-hydroxylation sites is 1. The molecule has 2 N–H and O–H groups in total. The van der Waals surface area contributed by atoms with Gasteiger partial charge in [-0.3, -0.25) is 29.8 Å². The summed E-state index contributed by atoms with van der Waals surface area (Å²) in [5.41, 5.74) is -1.30. The molecule has 2 aliphatic heterocycles. The number of rotatable bonds is 9. The molecule has 2 aromatic carbocycles. The maximum absolute atomic E-state index is 13.4. The molecule has 4 rings (SSSR count). The number of non-ortho nitro benzene ring substituents is 1. The number of nitrogens with zero attached hydrogens (tertiary/aromatic N) is 2. The molecule has 2 aliphatic rings. The van der Waals surface area contributed by atoms with Gasteiger partial charge in [0.1, 0.15) is 23.8 Å². The molecule has 216 valence electrons. The highest BCUT2D eigenvalue weighted by molar-refractivity contribution is 8.00. The molecule has 2 fully saturated rings. The summed E-state index contributed by atoms with van der Waals surface area (Å²) in [4.78, 5) is 74.2. The number of hydrogen-bond acceptors (Lipinski definition) is 11. The van der Waals surface area contributed by atoms with Crippen LogP contribution in [0.25, 0.3) is 0 Å². The van der Waals surface area contributed by atoms with Crippen LogP contribution in [-0.2, 0) is 35.3 Å². The maximum atomic E-state index is 13.4. The van der Waals surface area contributed by atoms with Crippen LogP contribution in [0.3, 0.4) is 0 Å². The van der Waals surface area contributed by atoms with E-state index < -0.39 is 57.8 Å². The monoisotopic (exact) mass is 586 g/mol. The van der Waals surface area contributed by atoms with Crippen LogP contribution in [0.1, 0.15) is 19.4 Å². The molecule has 2 heterocycles. The number of alkyl carbamates (subject to hydrolysis) is 1. The van der Waals surface area contributed by atoms with E-state index in [4.69, 9.17) is 14.2 Å². The molecule has 0 spiro atoms. The number of nitro groups is 1. The second-order valence-electron chi connectivity index (χ2n) is 9.41. The van der Waals surface area contributed by atoms with Gasteiger partial charge in [-0.2, -0.15) is 0 Å². The Kier molecular flexibility index (Phi) is 8.76. The minimum Gasteiger partial charge on any atom is -0.484 e. The van der Waals surface area contributed by atoms with Crippen molar-refractivity contribution in [3.8, 4) is 5.75 Å². The van der Waals surface area contributed by atoms with Gasteiger partial charge < -0.3 is 24.4 Å². The van der Waals surface area contributed by atoms with Gasteiger partial charge in [-0.25, -0.2) is 9.59 Å². The number of carbonyl (C=O) groups excluding carboxylic acids is 5. The van der Waals surface area contributed by atoms with E-state index >= 15 is 0 Å². The Labute approximate surface area is 237 Å². The van der Waals surface area contributed by atoms with Crippen LogP contribution < -0.4 is 15.4 Å². The highest BCUT2D eigenvalue weighted by atomic mass is 32.2. The number of nitrogens with one attached hydrogen (secondary N) is 2. The fraction of sp³-hybridized carbons (Fsp3) is 0.346. The first kappa shape index (κ1) is 29.3. The van der Waals surface area contributed by atoms with Crippen LogP contribution >= 0.6 is 11.8 Å². The fourth-order valence-electron chi connectivity index (χ4n) is 4.35. The number of hydrogen-bond donors (Lipinski definition) is 2. The summed E-state index contributed by atoms with van der Waals surface area (Å²) in [5.74, 6) is -2.24. The van der Waals surface area contributed by atoms with E-state index in [1.807, 2.05) is 5.32 Å². The number of ether oxygens (including phenoxy) is 3. The molecule has 3 unspecified atom stereocenters. The molecule has 0 radical (unpaired) electrons. The van der Waals surface area contributed by atoms with Gasteiger partial charge in [0, 0.05) is 24.8 Å². The van der Waals surface area contributed by atoms with Crippen molar-refractivity contribution in [2.75, 3.05) is 12.4 Å². The van der Waals surface area contributed by atoms with Crippen molar-refractivity contribution >= 4 is 47.2 Å². The van der Waals surface area contributed by atoms with E-state index in [1.165, 1.54) is 47.9 Å². The Morgan fingerprint density at radius 1 is 1.12 bits per heavy atom. The summed E-state index contributed by atoms with van der Waals surface area (Å²) in [5, 5.41) is 14.8. The Morgan fingerprint density at radius 2 is 1.80 bits per heavy atom. The van der Waals surface area contributed by atoms with Crippen molar-refractivity contribution < 1.29 is 43.1 Å². The van der Waals surface area contributed by atoms with Crippen LogP contribution in [0.5, 0.6) is 5.75 Å². The molecule has 15 heteroatoms. The number of nitro benzene ring substituents is 1. The van der Waals surface area contributed by atoms with E-state index in [0.29, 0.717) is 11.3 Å². The summed E-state index contributed by atoms with van der Waals surface area (Å²) in [6.07, 6.45) is -1.11. The van der Waals surface area contributed by atoms with E-state index in [9.17, 15) is 34.1 Å². The van der Waals surface area contributed by atoms with E-state index in [0.717, 1.165) is 6.92 Å². The number of thioether (sulfide) groups is 1. The predicted octanol–water partition coefficient (Wildman–Crippen LogP) is 1.52. The zero-order valence-electron chi connectivity index (χ0n) is 21.9. The molecule has 0 aliphatic carbocycles. The summed E-state index contributed by atoms with van der Waals surface area (Å²) in [6, 6.07) is 11.6. The summed E-state index contributed by atoms with van der Waals surface area (Å²) >= 11 is 1.18. The average Bonchev–Trinajstić information content (AvgIpc) is 2.93. The molecule has 0 bridgehead atoms. The Hall–Kier alpha value is -4.66. The van der Waals surface area contributed by atoms with Gasteiger partial charge in [0.2, 0.25) is 11.8 Å². The molecule has 0 aromatic heterocycles. The van der Waals surface area contributed by atoms with E-state index in [1.54, 1.807) is 30.3 Å². The highest BCUT2D eigenvalue weighted by Gasteiger charge is 2.63. The lowest BCUT2D eigenvalue weighted by Crippen LogP contribution is -2.79. The van der Waals surface area contributed by atoms with Gasteiger partial charge in [-0.1, -0.05) is 18.2 Å². The van der Waals surface area contributed by atoms with Crippen molar-refractivity contribution in [2.45, 2.75) is 43.5 Å². The molecule has 14 nitrogen and oxygen atoms in total. The van der Waals surface area contributed by atoms with Crippen molar-refractivity contribution in [3.05, 3.63) is 70.3 Å². The lowest BCUT2D eigenvalue weighted by molar-refractivity contribution is -0.384. The largest absolute Gasteiger partial charge is 0.484 e. The molecular weight excluding hydrogens is 560 g/mol. The number of imide groups is 1. The summed E-state index contributed by atoms with van der Waals surface area (Å²) in [7, 11) is 0. The quantitative estimate of drug-likeness (QED) is 0.188. The molecule has 0 saturated carbocycles. The van der Waals surface area contributed by atoms with Gasteiger partial charge >= 0.3 is 12.1 Å². The predicted molar refractivity (Wildman–Crippen MR) is 142 cm³/mol. The minimum absolute atomic E-state index is 0.0248. The van der Waals surface area contributed by atoms with Crippen molar-refractivity contribution in [1.82, 2.24) is 15.5 Å². The molecule has 41 heavy (non-hydrogen) atoms. The third-order valence-electron chi connectivity index (χ3n) is 6.26. The number of fused-ring (bicyclic) bond motifs is 1. The topological polar surface area (TPSA) is 183 Å². The standard InChI is InChI=1S/C26H26N4O10S/c1-15(31)27-25(35)40-26(2)14-41-23-20(28-19(32)13-38-18-6-4-3-5-7-18)22(33)29(23)21(26)24(34)39-12-16-8-10-17(11-9-16)30(36)37/h3-11,20-21,23H,12-14H2,1-2H3,(H,28,32)(H,27,31,35)/t20?,21?,23-,26?/m1/s1. The highest BCUT2D eigenvalue weighted by Crippen LogP contribution is 2.44. The first-order chi connectivity index (χ1) is 19.5. The third-order valence-corrected chi connectivity index (χ3v) is 7.84. The second kappa shape index (κ2) is 12.2. The van der Waals surface area contributed by atoms with Gasteiger partial charge in [-0.15, -0.1) is 11.8 Å². The van der Waals surface area contributed by atoms with E-state index in [-0.39, 0.29) is 24.7 Å². The van der Waals surface area contributed by atoms with E-state index in [2.05, 4.69) is 5.32 Å². The lowest BCUT2D eigenvalue weighted by Gasteiger charge is -2.56. The van der Waals surface area contributed by atoms with Crippen molar-refractivity contribution in [2.24, 2.45) is 0 Å². The molecule has 2 aromatic rings. The average molecular weight is 587 g/mol. The van der Waals surface area contributed by atoms with Crippen LogP contribution in [0.2, 0.25) is 0 Å². The fourth-order valence-corrected chi connectivity index (χ4v) is 5.83. The molecular formula is C26H26N4O10S. The zero-order chi connectivity index (χ0) is 29.7. The third kappa shape index (κ3) is 6.74. The Bertz CT molecular complexity index is 1360. The number of esters is 1. The maximum Gasteiger partial charge on any atom is 0.414 e. The second-order valence-corrected chi connectivity index (χ2v) is 10.5. The van der Waals surface area contributed by atoms with Gasteiger partial charge in [0.25, 0.3) is 11.6 Å². The Balaban J connectivity index is 1.46.